The summed E-state index contributed by atoms with van der Waals surface area (Å²) in [6.45, 7) is 1.25. The fourth-order valence-electron chi connectivity index (χ4n) is 2.04. The lowest BCUT2D eigenvalue weighted by atomic mass is 9.91. The van der Waals surface area contributed by atoms with Gasteiger partial charge in [-0.05, 0) is 12.8 Å². The number of hydrogen-bond donors (Lipinski definition) is 1. The molecule has 0 bridgehead atoms. The summed E-state index contributed by atoms with van der Waals surface area (Å²) in [7, 11) is -5.36. The van der Waals surface area contributed by atoms with E-state index in [-0.39, 0.29) is 6.42 Å². The van der Waals surface area contributed by atoms with Crippen LogP contribution in [0.5, 0.6) is 0 Å². The predicted octanol–water partition coefficient (Wildman–Crippen LogP) is 5.49. The van der Waals surface area contributed by atoms with Crippen molar-refractivity contribution >= 4 is 10.4 Å². The molecule has 30 heavy (non-hydrogen) atoms. The van der Waals surface area contributed by atoms with Crippen molar-refractivity contribution in [2.75, 3.05) is 0 Å². The third kappa shape index (κ3) is 5.41. The van der Waals surface area contributed by atoms with E-state index in [4.69, 9.17) is 4.55 Å². The van der Waals surface area contributed by atoms with Crippen LogP contribution in [0.25, 0.3) is 0 Å². The first-order valence-corrected chi connectivity index (χ1v) is 8.87. The van der Waals surface area contributed by atoms with Gasteiger partial charge >= 0.3 is 46.2 Å². The van der Waals surface area contributed by atoms with Gasteiger partial charge in [0.2, 0.25) is 0 Å². The van der Waals surface area contributed by atoms with Crippen LogP contribution in [0.2, 0.25) is 0 Å². The Kier molecular flexibility index (Phi) is 8.18. The molecule has 0 aliphatic rings. The van der Waals surface area contributed by atoms with Gasteiger partial charge in [0.05, 0.1) is 6.10 Å². The van der Waals surface area contributed by atoms with Crippen LogP contribution in [0.1, 0.15) is 32.6 Å². The Morgan fingerprint density at radius 1 is 0.733 bits per heavy atom. The smallest absolute Gasteiger partial charge is 0.264 e. The molecule has 1 unspecified atom stereocenters. The molecule has 0 aromatic heterocycles. The van der Waals surface area contributed by atoms with Gasteiger partial charge in [-0.15, -0.1) is 0 Å². The van der Waals surface area contributed by atoms with Crippen LogP contribution in [0.4, 0.5) is 57.1 Å². The standard InChI is InChI=1S/C12H13F13O4S/c1-2-3-6(29-30(26,27)28)4-5-7(13,14)8(15,16)9(17,18)10(19,20)11(21,22)12(23,24)25/h6H,2-5H2,1H3,(H,26,27,28). The van der Waals surface area contributed by atoms with Crippen molar-refractivity contribution in [2.45, 2.75) is 74.5 Å². The monoisotopic (exact) mass is 500 g/mol. The molecule has 0 saturated heterocycles. The normalized spacial score (nSPS) is 16.6. The Morgan fingerprint density at radius 2 is 1.13 bits per heavy atom. The Hall–Kier alpha value is -1.04. The van der Waals surface area contributed by atoms with Crippen LogP contribution < -0.4 is 0 Å². The molecule has 18 heteroatoms. The molecule has 0 aromatic carbocycles. The molecular weight excluding hydrogens is 487 g/mol. The minimum Gasteiger partial charge on any atom is -0.264 e. The molecule has 0 spiro atoms. The second kappa shape index (κ2) is 8.48. The van der Waals surface area contributed by atoms with E-state index >= 15 is 0 Å². The molecule has 0 aliphatic carbocycles. The van der Waals surface area contributed by atoms with Crippen LogP contribution in [0, 0.1) is 0 Å². The van der Waals surface area contributed by atoms with E-state index < -0.39 is 71.6 Å². The summed E-state index contributed by atoms with van der Waals surface area (Å²) in [5.41, 5.74) is 0. The molecule has 1 atom stereocenters. The molecular formula is C12H13F13O4S. The van der Waals surface area contributed by atoms with Crippen molar-refractivity contribution in [2.24, 2.45) is 0 Å². The lowest BCUT2D eigenvalue weighted by Gasteiger charge is -2.40. The lowest BCUT2D eigenvalue weighted by molar-refractivity contribution is -0.440. The van der Waals surface area contributed by atoms with Gasteiger partial charge in [-0.2, -0.15) is 65.5 Å². The van der Waals surface area contributed by atoms with Gasteiger partial charge < -0.3 is 0 Å². The van der Waals surface area contributed by atoms with Crippen LogP contribution >= 0.6 is 0 Å². The highest BCUT2D eigenvalue weighted by molar-refractivity contribution is 7.80. The summed E-state index contributed by atoms with van der Waals surface area (Å²) in [6, 6.07) is 0. The van der Waals surface area contributed by atoms with Crippen LogP contribution in [0.15, 0.2) is 0 Å². The lowest BCUT2D eigenvalue weighted by Crippen LogP contribution is -2.70. The third-order valence-electron chi connectivity index (χ3n) is 3.65. The van der Waals surface area contributed by atoms with E-state index in [0.29, 0.717) is 0 Å². The van der Waals surface area contributed by atoms with Crippen LogP contribution in [-0.2, 0) is 14.6 Å². The number of rotatable bonds is 11. The SMILES string of the molecule is CCCC(CCC(F)(F)C(F)(F)C(F)(F)C(F)(F)C(F)(F)C(F)(F)F)OS(=O)(=O)O. The van der Waals surface area contributed by atoms with Crippen molar-refractivity contribution < 1.29 is 74.2 Å². The quantitative estimate of drug-likeness (QED) is 0.301. The van der Waals surface area contributed by atoms with Gasteiger partial charge in [-0.1, -0.05) is 13.3 Å². The second-order valence-electron chi connectivity index (χ2n) is 5.97. The second-order valence-corrected chi connectivity index (χ2v) is 7.02. The number of hydrogen-bond acceptors (Lipinski definition) is 3. The summed E-state index contributed by atoms with van der Waals surface area (Å²) in [5.74, 6) is -37.5. The average Bonchev–Trinajstić information content (AvgIpc) is 2.49. The molecule has 0 radical (unpaired) electrons. The van der Waals surface area contributed by atoms with E-state index in [1.165, 1.54) is 6.92 Å². The summed E-state index contributed by atoms with van der Waals surface area (Å²) in [6.07, 6.45) is -14.5. The van der Waals surface area contributed by atoms with Crippen LogP contribution in [0.3, 0.4) is 0 Å². The molecule has 0 aliphatic heterocycles. The van der Waals surface area contributed by atoms with Gasteiger partial charge in [-0.3, -0.25) is 4.55 Å². The summed E-state index contributed by atoms with van der Waals surface area (Å²) >= 11 is 0. The van der Waals surface area contributed by atoms with Gasteiger partial charge in [0.1, 0.15) is 0 Å². The van der Waals surface area contributed by atoms with E-state index in [1.807, 2.05) is 0 Å². The minimum atomic E-state index is -8.00. The Balaban J connectivity index is 5.95. The zero-order valence-corrected chi connectivity index (χ0v) is 15.2. The molecule has 0 aromatic rings. The Labute approximate surface area is 160 Å². The highest BCUT2D eigenvalue weighted by Crippen LogP contribution is 2.60. The van der Waals surface area contributed by atoms with E-state index in [2.05, 4.69) is 4.18 Å². The van der Waals surface area contributed by atoms with Crippen molar-refractivity contribution in [1.29, 1.82) is 0 Å². The fourth-order valence-corrected chi connectivity index (χ4v) is 2.57. The zero-order chi connectivity index (χ0) is 24.6. The van der Waals surface area contributed by atoms with Crippen LogP contribution in [-0.4, -0.2) is 54.9 Å². The Morgan fingerprint density at radius 3 is 1.47 bits per heavy atom. The van der Waals surface area contributed by atoms with Gasteiger partial charge in [0.25, 0.3) is 0 Å². The highest BCUT2D eigenvalue weighted by atomic mass is 32.3. The first-order valence-electron chi connectivity index (χ1n) is 7.50. The molecule has 0 amide bonds. The number of alkyl halides is 13. The Bertz CT molecular complexity index is 687. The topological polar surface area (TPSA) is 63.6 Å². The first kappa shape index (κ1) is 29.0. The molecule has 0 rings (SSSR count). The zero-order valence-electron chi connectivity index (χ0n) is 14.4. The largest absolute Gasteiger partial charge is 0.460 e. The summed E-state index contributed by atoms with van der Waals surface area (Å²) in [4.78, 5) is 0. The van der Waals surface area contributed by atoms with Crippen molar-refractivity contribution in [3.63, 3.8) is 0 Å². The third-order valence-corrected chi connectivity index (χ3v) is 4.16. The molecule has 1 N–H and O–H groups in total. The molecule has 0 heterocycles. The van der Waals surface area contributed by atoms with E-state index in [9.17, 15) is 65.5 Å². The fraction of sp³-hybridized carbons (Fsp3) is 1.00. The van der Waals surface area contributed by atoms with Gasteiger partial charge in [0.15, 0.2) is 0 Å². The minimum absolute atomic E-state index is 0.117. The molecule has 4 nitrogen and oxygen atoms in total. The number of halogens is 13. The molecule has 0 fully saturated rings. The summed E-state index contributed by atoms with van der Waals surface area (Å²) in [5, 5.41) is 0. The average molecular weight is 500 g/mol. The predicted molar refractivity (Wildman–Crippen MR) is 71.4 cm³/mol. The first-order chi connectivity index (χ1) is 12.9. The highest BCUT2D eigenvalue weighted by Gasteiger charge is 2.90. The molecule has 0 saturated carbocycles. The van der Waals surface area contributed by atoms with Gasteiger partial charge in [0, 0.05) is 6.42 Å². The maximum absolute atomic E-state index is 13.6. The summed E-state index contributed by atoms with van der Waals surface area (Å²) < 4.78 is 201. The van der Waals surface area contributed by atoms with E-state index in [1.54, 1.807) is 0 Å². The van der Waals surface area contributed by atoms with E-state index in [0.717, 1.165) is 0 Å². The molecule has 182 valence electrons. The maximum atomic E-state index is 13.6. The van der Waals surface area contributed by atoms with Crippen molar-refractivity contribution in [3.05, 3.63) is 0 Å². The van der Waals surface area contributed by atoms with Crippen molar-refractivity contribution in [1.82, 2.24) is 0 Å². The van der Waals surface area contributed by atoms with Gasteiger partial charge in [-0.25, -0.2) is 4.18 Å². The van der Waals surface area contributed by atoms with Crippen molar-refractivity contribution in [3.8, 4) is 0 Å². The maximum Gasteiger partial charge on any atom is 0.460 e.